The van der Waals surface area contributed by atoms with Crippen LogP contribution < -0.4 is 10.2 Å². The summed E-state index contributed by atoms with van der Waals surface area (Å²) in [5, 5.41) is 4.30. The molecule has 1 N–H and O–H groups in total. The second kappa shape index (κ2) is 10.4. The van der Waals surface area contributed by atoms with Crippen LogP contribution in [0, 0.1) is 0 Å². The van der Waals surface area contributed by atoms with Crippen molar-refractivity contribution in [1.82, 2.24) is 5.43 Å². The summed E-state index contributed by atoms with van der Waals surface area (Å²) >= 11 is 6.78. The van der Waals surface area contributed by atoms with Crippen molar-refractivity contribution < 1.29 is 9.53 Å². The van der Waals surface area contributed by atoms with Crippen molar-refractivity contribution in [3.8, 4) is 5.75 Å². The molecule has 25 heavy (non-hydrogen) atoms. The van der Waals surface area contributed by atoms with Crippen LogP contribution in [0.2, 0.25) is 0 Å². The zero-order chi connectivity index (χ0) is 18.1. The Hall–Kier alpha value is -1.66. The van der Waals surface area contributed by atoms with Crippen molar-refractivity contribution in [3.63, 3.8) is 0 Å². The number of carbonyl (C=O) groups excluding carboxylic acids is 1. The predicted octanol–water partition coefficient (Wildman–Crippen LogP) is 5.30. The van der Waals surface area contributed by atoms with Crippen LogP contribution in [0.15, 0.2) is 62.6 Å². The number of hydrogen-bond donors (Lipinski definition) is 1. The highest BCUT2D eigenvalue weighted by Gasteiger charge is 2.07. The van der Waals surface area contributed by atoms with Crippen LogP contribution >= 0.6 is 31.9 Å². The predicted molar refractivity (Wildman–Crippen MR) is 108 cm³/mol. The molecular formula is C19H20Br2N2O2. The molecule has 0 saturated carbocycles. The van der Waals surface area contributed by atoms with Gasteiger partial charge in [0.05, 0.1) is 10.2 Å². The van der Waals surface area contributed by atoms with Gasteiger partial charge in [-0.05, 0) is 52.5 Å². The van der Waals surface area contributed by atoms with Gasteiger partial charge in [-0.2, -0.15) is 5.10 Å². The molecule has 2 aromatic rings. The van der Waals surface area contributed by atoms with Gasteiger partial charge >= 0.3 is 0 Å². The van der Waals surface area contributed by atoms with Crippen molar-refractivity contribution in [2.75, 3.05) is 6.61 Å². The third-order valence-corrected chi connectivity index (χ3v) is 4.56. The second-order valence-corrected chi connectivity index (χ2v) is 7.20. The Balaban J connectivity index is 1.96. The Kier molecular flexibility index (Phi) is 8.15. The number of halogens is 2. The highest BCUT2D eigenvalue weighted by Crippen LogP contribution is 2.28. The molecule has 0 fully saturated rings. The first-order valence-corrected chi connectivity index (χ1v) is 9.67. The third kappa shape index (κ3) is 6.63. The number of ether oxygens (including phenoxy) is 1. The number of unbranched alkanes of at least 4 members (excludes halogenated alkanes) is 1. The Bertz CT molecular complexity index is 733. The van der Waals surface area contributed by atoms with E-state index in [1.807, 2.05) is 42.5 Å². The summed E-state index contributed by atoms with van der Waals surface area (Å²) in [7, 11) is 0. The molecule has 2 aromatic carbocycles. The molecule has 1 amide bonds. The van der Waals surface area contributed by atoms with E-state index >= 15 is 0 Å². The molecule has 2 rings (SSSR count). The summed E-state index contributed by atoms with van der Waals surface area (Å²) in [6.07, 6.45) is 2.91. The number of carbonyl (C=O) groups is 1. The van der Waals surface area contributed by atoms with E-state index in [9.17, 15) is 4.79 Å². The van der Waals surface area contributed by atoms with Crippen LogP contribution in [-0.4, -0.2) is 18.2 Å². The number of rotatable bonds is 8. The monoisotopic (exact) mass is 466 g/mol. The van der Waals surface area contributed by atoms with Gasteiger partial charge < -0.3 is 4.74 Å². The summed E-state index contributed by atoms with van der Waals surface area (Å²) in [5.74, 6) is 0.316. The average Bonchev–Trinajstić information content (AvgIpc) is 2.62. The van der Waals surface area contributed by atoms with Gasteiger partial charge in [0.1, 0.15) is 5.75 Å². The van der Waals surface area contributed by atoms with Gasteiger partial charge in [0.15, 0.2) is 6.61 Å². The topological polar surface area (TPSA) is 50.7 Å². The fourth-order valence-corrected chi connectivity index (χ4v) is 3.30. The molecule has 4 nitrogen and oxygen atoms in total. The summed E-state index contributed by atoms with van der Waals surface area (Å²) < 4.78 is 7.24. The van der Waals surface area contributed by atoms with Crippen molar-refractivity contribution >= 4 is 43.5 Å². The number of nitrogens with one attached hydrogen (secondary N) is 1. The van der Waals surface area contributed by atoms with Crippen molar-refractivity contribution in [2.24, 2.45) is 5.10 Å². The van der Waals surface area contributed by atoms with Crippen LogP contribution in [0.5, 0.6) is 5.75 Å². The lowest BCUT2D eigenvalue weighted by Gasteiger charge is -2.09. The molecule has 0 spiro atoms. The molecule has 132 valence electrons. The van der Waals surface area contributed by atoms with E-state index in [2.05, 4.69) is 49.3 Å². The van der Waals surface area contributed by atoms with Crippen LogP contribution in [0.4, 0.5) is 0 Å². The number of nitrogens with zero attached hydrogens (tertiary/aromatic N) is 1. The lowest BCUT2D eigenvalue weighted by molar-refractivity contribution is -0.123. The SMILES string of the molecule is CCCC/C(=N\NC(=O)COc1ccc(Br)cc1Br)c1ccccc1. The highest BCUT2D eigenvalue weighted by molar-refractivity contribution is 9.11. The van der Waals surface area contributed by atoms with Crippen LogP contribution in [0.3, 0.4) is 0 Å². The van der Waals surface area contributed by atoms with Crippen molar-refractivity contribution in [2.45, 2.75) is 26.2 Å². The average molecular weight is 468 g/mol. The van der Waals surface area contributed by atoms with Crippen molar-refractivity contribution in [3.05, 3.63) is 63.0 Å². The molecule has 0 aromatic heterocycles. The number of amides is 1. The van der Waals surface area contributed by atoms with E-state index < -0.39 is 0 Å². The van der Waals surface area contributed by atoms with Crippen molar-refractivity contribution in [1.29, 1.82) is 0 Å². The fourth-order valence-electron chi connectivity index (χ4n) is 2.14. The van der Waals surface area contributed by atoms with E-state index in [0.717, 1.165) is 39.5 Å². The van der Waals surface area contributed by atoms with Gasteiger partial charge in [0, 0.05) is 4.47 Å². The third-order valence-electron chi connectivity index (χ3n) is 3.44. The maximum atomic E-state index is 12.0. The first-order chi connectivity index (χ1) is 12.1. The fraction of sp³-hybridized carbons (Fsp3) is 0.263. The van der Waals surface area contributed by atoms with Gasteiger partial charge in [-0.25, -0.2) is 5.43 Å². The van der Waals surface area contributed by atoms with E-state index in [0.29, 0.717) is 5.75 Å². The molecule has 0 aliphatic rings. The van der Waals surface area contributed by atoms with Gasteiger partial charge in [-0.1, -0.05) is 59.6 Å². The Morgan fingerprint density at radius 2 is 1.92 bits per heavy atom. The van der Waals surface area contributed by atoms with Crippen LogP contribution in [0.25, 0.3) is 0 Å². The number of hydrazone groups is 1. The molecule has 0 aliphatic heterocycles. The highest BCUT2D eigenvalue weighted by atomic mass is 79.9. The minimum atomic E-state index is -0.292. The van der Waals surface area contributed by atoms with E-state index in [1.54, 1.807) is 6.07 Å². The Labute approximate surface area is 164 Å². The molecule has 0 radical (unpaired) electrons. The maximum absolute atomic E-state index is 12.0. The van der Waals surface area contributed by atoms with E-state index in [4.69, 9.17) is 4.74 Å². The maximum Gasteiger partial charge on any atom is 0.277 e. The lowest BCUT2D eigenvalue weighted by Crippen LogP contribution is -2.26. The van der Waals surface area contributed by atoms with E-state index in [-0.39, 0.29) is 12.5 Å². The van der Waals surface area contributed by atoms with E-state index in [1.165, 1.54) is 0 Å². The molecular weight excluding hydrogens is 448 g/mol. The first-order valence-electron chi connectivity index (χ1n) is 8.09. The molecule has 0 unspecified atom stereocenters. The standard InChI is InChI=1S/C19H20Br2N2O2/c1-2-3-9-17(14-7-5-4-6-8-14)22-23-19(24)13-25-18-11-10-15(20)12-16(18)21/h4-8,10-12H,2-3,9,13H2,1H3,(H,23,24)/b22-17+. The smallest absolute Gasteiger partial charge is 0.277 e. The van der Waals surface area contributed by atoms with Gasteiger partial charge in [0.25, 0.3) is 5.91 Å². The quantitative estimate of drug-likeness (QED) is 0.423. The van der Waals surface area contributed by atoms with Crippen LogP contribution in [-0.2, 0) is 4.79 Å². The van der Waals surface area contributed by atoms with Gasteiger partial charge in [-0.15, -0.1) is 0 Å². The minimum Gasteiger partial charge on any atom is -0.483 e. The minimum absolute atomic E-state index is 0.0976. The first kappa shape index (κ1) is 19.7. The largest absolute Gasteiger partial charge is 0.483 e. The molecule has 0 saturated heterocycles. The summed E-state index contributed by atoms with van der Waals surface area (Å²) in [5.41, 5.74) is 4.49. The Morgan fingerprint density at radius 3 is 2.60 bits per heavy atom. The molecule has 0 atom stereocenters. The van der Waals surface area contributed by atoms with Gasteiger partial charge in [-0.3, -0.25) is 4.79 Å². The van der Waals surface area contributed by atoms with Crippen LogP contribution in [0.1, 0.15) is 31.7 Å². The zero-order valence-electron chi connectivity index (χ0n) is 14.0. The molecule has 0 bridgehead atoms. The normalized spacial score (nSPS) is 11.2. The summed E-state index contributed by atoms with van der Waals surface area (Å²) in [6.45, 7) is 2.03. The Morgan fingerprint density at radius 1 is 1.16 bits per heavy atom. The summed E-state index contributed by atoms with van der Waals surface area (Å²) in [4.78, 5) is 12.0. The number of benzene rings is 2. The van der Waals surface area contributed by atoms with Gasteiger partial charge in [0.2, 0.25) is 0 Å². The summed E-state index contributed by atoms with van der Waals surface area (Å²) in [6, 6.07) is 15.4. The second-order valence-electron chi connectivity index (χ2n) is 5.43. The number of hydrogen-bond acceptors (Lipinski definition) is 3. The molecule has 6 heteroatoms. The molecule has 0 heterocycles. The molecule has 0 aliphatic carbocycles. The zero-order valence-corrected chi connectivity index (χ0v) is 17.1. The lowest BCUT2D eigenvalue weighted by atomic mass is 10.1.